The van der Waals surface area contributed by atoms with Crippen molar-refractivity contribution < 1.29 is 9.53 Å². The van der Waals surface area contributed by atoms with Crippen LogP contribution in [-0.4, -0.2) is 52.9 Å². The number of rotatable bonds is 6. The maximum atomic E-state index is 13.1. The van der Waals surface area contributed by atoms with Gasteiger partial charge in [-0.2, -0.15) is 5.10 Å². The van der Waals surface area contributed by atoms with Gasteiger partial charge < -0.3 is 15.0 Å². The molecule has 7 heteroatoms. The molecule has 27 heavy (non-hydrogen) atoms. The van der Waals surface area contributed by atoms with E-state index in [0.717, 1.165) is 44.3 Å². The van der Waals surface area contributed by atoms with E-state index in [1.165, 1.54) is 10.6 Å². The zero-order valence-electron chi connectivity index (χ0n) is 15.9. The number of aromatic nitrogens is 2. The van der Waals surface area contributed by atoms with E-state index in [4.69, 9.17) is 9.84 Å². The monoisotopic (exact) mass is 388 g/mol. The first-order valence-corrected chi connectivity index (χ1v) is 10.9. The van der Waals surface area contributed by atoms with E-state index in [9.17, 15) is 4.79 Å². The summed E-state index contributed by atoms with van der Waals surface area (Å²) in [5.74, 6) is 0.0725. The summed E-state index contributed by atoms with van der Waals surface area (Å²) in [6.45, 7) is 6.50. The van der Waals surface area contributed by atoms with Crippen LogP contribution in [0.2, 0.25) is 0 Å². The van der Waals surface area contributed by atoms with Crippen LogP contribution < -0.4 is 5.32 Å². The number of morpholine rings is 1. The molecule has 1 atom stereocenters. The molecule has 2 aromatic rings. The number of fused-ring (bicyclic) bond motifs is 1. The number of nitrogens with zero attached hydrogens (tertiary/aromatic N) is 3. The van der Waals surface area contributed by atoms with Crippen molar-refractivity contribution in [1.29, 1.82) is 0 Å². The largest absolute Gasteiger partial charge is 0.378 e. The number of hydrogen-bond donors (Lipinski definition) is 1. The van der Waals surface area contributed by atoms with Crippen molar-refractivity contribution in [3.63, 3.8) is 0 Å². The van der Waals surface area contributed by atoms with Crippen LogP contribution in [0.25, 0.3) is 0 Å². The summed E-state index contributed by atoms with van der Waals surface area (Å²) >= 11 is 1.78. The Kier molecular flexibility index (Phi) is 5.90. The quantitative estimate of drug-likeness (QED) is 0.826. The first-order valence-electron chi connectivity index (χ1n) is 9.97. The second-order valence-electron chi connectivity index (χ2n) is 7.30. The highest BCUT2D eigenvalue weighted by atomic mass is 32.1. The fourth-order valence-electron chi connectivity index (χ4n) is 4.00. The Labute approximate surface area is 164 Å². The van der Waals surface area contributed by atoms with Gasteiger partial charge in [-0.15, -0.1) is 11.3 Å². The van der Waals surface area contributed by atoms with E-state index in [1.54, 1.807) is 11.3 Å². The Hall–Kier alpha value is -1.70. The third-order valence-electron chi connectivity index (χ3n) is 5.43. The molecule has 0 bridgehead atoms. The standard InChI is InChI=1S/C20H28N4O2S/c1-2-7-24-18-6-5-15(21-14-16-4-3-12-27-16)13-17(18)19(22-24)20(25)23-8-10-26-11-9-23/h3-4,12,15,21H,2,5-11,13-14H2,1H3/t15-/m0/s1. The van der Waals surface area contributed by atoms with Gasteiger partial charge in [0.05, 0.1) is 13.2 Å². The van der Waals surface area contributed by atoms with Crippen LogP contribution in [0.5, 0.6) is 0 Å². The number of carbonyl (C=O) groups is 1. The molecule has 0 saturated carbocycles. The second-order valence-corrected chi connectivity index (χ2v) is 8.33. The van der Waals surface area contributed by atoms with Crippen LogP contribution in [0.15, 0.2) is 17.5 Å². The number of carbonyl (C=O) groups excluding carboxylic acids is 1. The number of ether oxygens (including phenoxy) is 1. The molecular formula is C20H28N4O2S. The highest BCUT2D eigenvalue weighted by Crippen LogP contribution is 2.27. The summed E-state index contributed by atoms with van der Waals surface area (Å²) in [4.78, 5) is 16.4. The zero-order chi connectivity index (χ0) is 18.6. The lowest BCUT2D eigenvalue weighted by molar-refractivity contribution is 0.0297. The maximum absolute atomic E-state index is 13.1. The average Bonchev–Trinajstić information content (AvgIpc) is 3.35. The van der Waals surface area contributed by atoms with Crippen molar-refractivity contribution in [3.05, 3.63) is 39.3 Å². The van der Waals surface area contributed by atoms with Gasteiger partial charge in [-0.1, -0.05) is 13.0 Å². The van der Waals surface area contributed by atoms with Gasteiger partial charge in [0.15, 0.2) is 5.69 Å². The van der Waals surface area contributed by atoms with Gasteiger partial charge in [0.2, 0.25) is 0 Å². The minimum absolute atomic E-state index is 0.0725. The highest BCUT2D eigenvalue weighted by Gasteiger charge is 2.31. The summed E-state index contributed by atoms with van der Waals surface area (Å²) in [5, 5.41) is 10.6. The van der Waals surface area contributed by atoms with Gasteiger partial charge in [0.1, 0.15) is 0 Å². The molecule has 1 fully saturated rings. The molecule has 4 rings (SSSR count). The molecule has 3 heterocycles. The second kappa shape index (κ2) is 8.54. The Balaban J connectivity index is 1.53. The van der Waals surface area contributed by atoms with Gasteiger partial charge >= 0.3 is 0 Å². The van der Waals surface area contributed by atoms with Gasteiger partial charge in [-0.05, 0) is 37.1 Å². The van der Waals surface area contributed by atoms with Crippen molar-refractivity contribution in [2.75, 3.05) is 26.3 Å². The van der Waals surface area contributed by atoms with Crippen molar-refractivity contribution >= 4 is 17.2 Å². The third-order valence-corrected chi connectivity index (χ3v) is 6.30. The minimum Gasteiger partial charge on any atom is -0.378 e. The highest BCUT2D eigenvalue weighted by molar-refractivity contribution is 7.09. The Bertz CT molecular complexity index is 765. The summed E-state index contributed by atoms with van der Waals surface area (Å²) in [5.41, 5.74) is 3.10. The van der Waals surface area contributed by atoms with Crippen LogP contribution >= 0.6 is 11.3 Å². The van der Waals surface area contributed by atoms with E-state index < -0.39 is 0 Å². The molecule has 1 aliphatic heterocycles. The molecule has 2 aliphatic rings. The molecule has 0 aromatic carbocycles. The fourth-order valence-corrected chi connectivity index (χ4v) is 4.66. The van der Waals surface area contributed by atoms with Crippen molar-refractivity contribution in [3.8, 4) is 0 Å². The number of aryl methyl sites for hydroxylation is 1. The summed E-state index contributed by atoms with van der Waals surface area (Å²) < 4.78 is 7.48. The molecule has 0 radical (unpaired) electrons. The Morgan fingerprint density at radius 3 is 3.00 bits per heavy atom. The first-order chi connectivity index (χ1) is 13.3. The van der Waals surface area contributed by atoms with E-state index >= 15 is 0 Å². The van der Waals surface area contributed by atoms with Crippen LogP contribution in [0.3, 0.4) is 0 Å². The smallest absolute Gasteiger partial charge is 0.274 e. The van der Waals surface area contributed by atoms with Crippen LogP contribution in [0, 0.1) is 0 Å². The molecule has 146 valence electrons. The minimum atomic E-state index is 0.0725. The topological polar surface area (TPSA) is 59.4 Å². The van der Waals surface area contributed by atoms with Gasteiger partial charge in [-0.25, -0.2) is 0 Å². The Morgan fingerprint density at radius 1 is 1.41 bits per heavy atom. The molecule has 1 saturated heterocycles. The SMILES string of the molecule is CCCn1nc(C(=O)N2CCOCC2)c2c1CC[C@H](NCc1cccs1)C2. The van der Waals surface area contributed by atoms with Gasteiger partial charge in [0.25, 0.3) is 5.91 Å². The number of hydrogen-bond acceptors (Lipinski definition) is 5. The van der Waals surface area contributed by atoms with E-state index in [1.807, 2.05) is 4.90 Å². The van der Waals surface area contributed by atoms with Crippen LogP contribution in [0.1, 0.15) is 46.4 Å². The van der Waals surface area contributed by atoms with E-state index in [0.29, 0.717) is 38.0 Å². The number of thiophene rings is 1. The lowest BCUT2D eigenvalue weighted by atomic mass is 9.91. The predicted octanol–water partition coefficient (Wildman–Crippen LogP) is 2.47. The van der Waals surface area contributed by atoms with Crippen LogP contribution in [-0.2, 0) is 30.7 Å². The summed E-state index contributed by atoms with van der Waals surface area (Å²) in [7, 11) is 0. The van der Waals surface area contributed by atoms with Crippen molar-refractivity contribution in [2.24, 2.45) is 0 Å². The molecule has 6 nitrogen and oxygen atoms in total. The zero-order valence-corrected chi connectivity index (χ0v) is 16.8. The molecule has 1 aliphatic carbocycles. The summed E-state index contributed by atoms with van der Waals surface area (Å²) in [6, 6.07) is 4.66. The van der Waals surface area contributed by atoms with Crippen molar-refractivity contribution in [2.45, 2.75) is 51.7 Å². The maximum Gasteiger partial charge on any atom is 0.274 e. The third kappa shape index (κ3) is 4.10. The van der Waals surface area contributed by atoms with Crippen molar-refractivity contribution in [1.82, 2.24) is 20.0 Å². The normalized spacial score (nSPS) is 19.9. The lowest BCUT2D eigenvalue weighted by Crippen LogP contribution is -2.41. The average molecular weight is 389 g/mol. The molecule has 2 aromatic heterocycles. The lowest BCUT2D eigenvalue weighted by Gasteiger charge is -2.27. The number of nitrogens with one attached hydrogen (secondary N) is 1. The molecular weight excluding hydrogens is 360 g/mol. The fraction of sp³-hybridized carbons (Fsp3) is 0.600. The van der Waals surface area contributed by atoms with Gasteiger partial charge in [0, 0.05) is 48.4 Å². The first kappa shape index (κ1) is 18.7. The number of amides is 1. The van der Waals surface area contributed by atoms with Crippen LogP contribution in [0.4, 0.5) is 0 Å². The molecule has 1 N–H and O–H groups in total. The summed E-state index contributed by atoms with van der Waals surface area (Å²) in [6.07, 6.45) is 4.00. The molecule has 0 spiro atoms. The molecule has 1 amide bonds. The van der Waals surface area contributed by atoms with E-state index in [-0.39, 0.29) is 5.91 Å². The predicted molar refractivity (Wildman–Crippen MR) is 106 cm³/mol. The molecule has 0 unspecified atom stereocenters. The van der Waals surface area contributed by atoms with Gasteiger partial charge in [-0.3, -0.25) is 9.48 Å². The Morgan fingerprint density at radius 2 is 2.26 bits per heavy atom. The van der Waals surface area contributed by atoms with E-state index in [2.05, 4.69) is 34.4 Å².